The van der Waals surface area contributed by atoms with E-state index in [2.05, 4.69) is 287 Å². The molecule has 2 aliphatic rings. The number of aromatic hydroxyl groups is 1. The third-order valence-corrected chi connectivity index (χ3v) is 22.6. The second kappa shape index (κ2) is 65.8. The van der Waals surface area contributed by atoms with Crippen molar-refractivity contribution in [3.8, 4) is 51.7 Å². The number of halogens is 13. The Balaban J connectivity index is -0.00000140. The van der Waals surface area contributed by atoms with Crippen molar-refractivity contribution in [1.82, 2.24) is 21.0 Å². The summed E-state index contributed by atoms with van der Waals surface area (Å²) in [6, 6.07) is 19.8. The van der Waals surface area contributed by atoms with Crippen LogP contribution in [0, 0.1) is 42.8 Å². The average molecular weight is 2910 g/mol. The molecule has 618 valence electrons. The number of likely N-dealkylation sites (N-methyl/N-ethyl adjacent to an activating group) is 1. The third-order valence-electron chi connectivity index (χ3n) is 12.6. The summed E-state index contributed by atoms with van der Waals surface area (Å²) < 4.78 is 50.1. The van der Waals surface area contributed by atoms with Gasteiger partial charge in [-0.3, -0.25) is 14.4 Å². The molecule has 2 heterocycles. The number of aliphatic carboxylic acids is 3. The van der Waals surface area contributed by atoms with Crippen molar-refractivity contribution >= 4 is 322 Å². The van der Waals surface area contributed by atoms with Gasteiger partial charge in [0.2, 0.25) is 0 Å². The van der Waals surface area contributed by atoms with Crippen molar-refractivity contribution in [1.29, 1.82) is 0 Å². The molecule has 26 N–H and O–H groups in total. The van der Waals surface area contributed by atoms with Gasteiger partial charge in [-0.1, -0.05) is 0 Å². The van der Waals surface area contributed by atoms with Crippen molar-refractivity contribution in [3.63, 3.8) is 0 Å². The first kappa shape index (κ1) is 115. The van der Waals surface area contributed by atoms with E-state index in [1.807, 2.05) is 106 Å². The number of phenolic OH excluding ortho intramolecular Hbond substituents is 1. The molecular formula is C65H95B3ClI12N11O18. The van der Waals surface area contributed by atoms with Gasteiger partial charge in [0.05, 0.1) is 68.0 Å². The topological polar surface area (TPSA) is 515 Å². The summed E-state index contributed by atoms with van der Waals surface area (Å²) in [5.41, 5.74) is 34.0. The maximum Gasteiger partial charge on any atom is 0.374 e. The molecule has 6 aromatic carbocycles. The number of alkyl halides is 1. The van der Waals surface area contributed by atoms with Crippen molar-refractivity contribution in [2.24, 2.45) is 40.1 Å². The van der Waals surface area contributed by atoms with E-state index < -0.39 is 63.3 Å². The zero-order valence-corrected chi connectivity index (χ0v) is 88.2. The van der Waals surface area contributed by atoms with Crippen LogP contribution in [0.4, 0.5) is 0 Å². The molecule has 6 unspecified atom stereocenters. The van der Waals surface area contributed by atoms with E-state index in [0.29, 0.717) is 72.5 Å². The number of aliphatic hydroxyl groups is 1. The summed E-state index contributed by atoms with van der Waals surface area (Å²) in [4.78, 5) is 34.4. The summed E-state index contributed by atoms with van der Waals surface area (Å²) >= 11 is 31.2. The number of carboxylic acids is 3. The Morgan fingerprint density at radius 2 is 0.682 bits per heavy atom. The zero-order valence-electron chi connectivity index (χ0n) is 61.6. The van der Waals surface area contributed by atoms with Gasteiger partial charge >= 0.3 is 39.1 Å². The van der Waals surface area contributed by atoms with Crippen molar-refractivity contribution in [3.05, 3.63) is 132 Å². The number of hydrogen-bond donors (Lipinski definition) is 19. The lowest BCUT2D eigenvalue weighted by atomic mass is 9.86. The molecule has 0 radical (unpaired) electrons. The SMILES string of the molecule is CB(O)NC(Cc1cc(I)c(Oc2cc(I)c(O)c(I)c2)c(I)c1)C(=O)O.CB(O)NC(Cc1cc(I)c(Oc2cc(I)c(OCC3CO3)c(I)c2)c(I)c1)C(=O)O.CN.CN.CN.CN.CN.CN.CN.CNCC(O)COc1c(I)cc(Oc2c(I)cc(CC(NB(C)O)C(=O)O)cc2I)cc1I.ClCC1CO1. The highest BCUT2D eigenvalue weighted by molar-refractivity contribution is 14.1. The molecule has 45 heteroatoms. The zero-order chi connectivity index (χ0) is 85.4. The van der Waals surface area contributed by atoms with Crippen molar-refractivity contribution in [2.45, 2.75) is 76.2 Å². The van der Waals surface area contributed by atoms with Gasteiger partial charge in [0.15, 0.2) is 17.2 Å². The maximum absolute atomic E-state index is 11.5. The number of epoxide rings is 2. The Kier molecular flexibility index (Phi) is 69.0. The molecule has 2 aliphatic heterocycles. The standard InChI is InChI=1S/C20H23BI4N2O6.C19H18BI4NO6.C16H14BI4NO5.C3H5ClO.7CH5N/c1-21(31)27-17(20(29)30)5-10-3-13(22)19(14(23)4-10)33-12-6-15(24)18(16(25)7-12)32-9-11(28)8-26-2;1-20(28)25-16(19(26)27)4-9-2-12(21)18(13(22)3-9)31-10-5-14(23)17(15(24)6-10)30-8-11-7-29-11;1-17(26)22-13(16(24)25)4-7-2-11(20)15(12(21)3-7)27-8-5-9(18)14(23)10(19)6-8;4-1-3-2-5-3;7*1-2/h3-4,6-7,11,17,26-28,31H,5,8-9H2,1-2H3,(H,29,30);2-3,5-6,11,16,25,28H,4,7-8H2,1H3,(H,26,27);2-3,5-6,13,22-23,26H,4H2,1H3,(H,24,25);3H,1-2H2;7*2H2,1H3. The van der Waals surface area contributed by atoms with E-state index in [4.69, 9.17) is 44.8 Å². The quantitative estimate of drug-likeness (QED) is 0.00862. The summed E-state index contributed by atoms with van der Waals surface area (Å²) in [5.74, 6) is 3.41. The second-order valence-electron chi connectivity index (χ2n) is 20.9. The molecule has 29 nitrogen and oxygen atoms in total. The van der Waals surface area contributed by atoms with E-state index in [1.165, 1.54) is 69.8 Å². The van der Waals surface area contributed by atoms with Crippen LogP contribution in [0.15, 0.2) is 72.8 Å². The normalized spacial score (nSPS) is 13.2. The Morgan fingerprint density at radius 3 is 0.891 bits per heavy atom. The lowest BCUT2D eigenvalue weighted by molar-refractivity contribution is -0.140. The van der Waals surface area contributed by atoms with Gasteiger partial charge in [-0.15, -0.1) is 11.6 Å². The molecule has 0 aliphatic carbocycles. The Labute approximate surface area is 814 Å². The number of benzene rings is 6. The number of nitrogens with two attached hydrogens (primary N) is 7. The highest BCUT2D eigenvalue weighted by Gasteiger charge is 2.28. The molecular weight excluding hydrogens is 2810 g/mol. The fraction of sp³-hybridized carbons (Fsp3) is 0.400. The van der Waals surface area contributed by atoms with Crippen LogP contribution in [0.3, 0.4) is 0 Å². The Morgan fingerprint density at radius 1 is 0.445 bits per heavy atom. The largest absolute Gasteiger partial charge is 0.506 e. The van der Waals surface area contributed by atoms with Gasteiger partial charge in [-0.05, 0) is 457 Å². The highest BCUT2D eigenvalue weighted by atomic mass is 127. The molecule has 0 aromatic heterocycles. The molecule has 0 bridgehead atoms. The first-order valence-corrected chi connectivity index (χ1v) is 45.7. The first-order valence-electron chi connectivity index (χ1n) is 32.2. The first-order chi connectivity index (χ1) is 52.2. The van der Waals surface area contributed by atoms with Gasteiger partial charge < -0.3 is 135 Å². The van der Waals surface area contributed by atoms with E-state index >= 15 is 0 Å². The summed E-state index contributed by atoms with van der Waals surface area (Å²) in [6.07, 6.45) is 0.710. The molecule has 6 atom stereocenters. The van der Waals surface area contributed by atoms with Gasteiger partial charge in [0.25, 0.3) is 0 Å². The predicted octanol–water partition coefficient (Wildman–Crippen LogP) is 9.87. The molecule has 2 fully saturated rings. The van der Waals surface area contributed by atoms with Gasteiger partial charge in [-0.2, -0.15) is 0 Å². The van der Waals surface area contributed by atoms with Crippen LogP contribution in [0.25, 0.3) is 0 Å². The molecule has 0 spiro atoms. The Hall–Kier alpha value is 1.09. The van der Waals surface area contributed by atoms with Crippen LogP contribution in [0.1, 0.15) is 16.7 Å². The third kappa shape index (κ3) is 46.2. The monoisotopic (exact) mass is 2910 g/mol. The number of aliphatic hydroxyl groups excluding tert-OH is 1. The lowest BCUT2D eigenvalue weighted by Gasteiger charge is -2.18. The molecule has 8 rings (SSSR count). The van der Waals surface area contributed by atoms with Crippen molar-refractivity contribution < 1.29 is 88.1 Å². The number of carbonyl (C=O) groups is 3. The van der Waals surface area contributed by atoms with Gasteiger partial charge in [0.1, 0.15) is 78.0 Å². The minimum Gasteiger partial charge on any atom is -0.506 e. The number of hydrogen-bond acceptors (Lipinski definition) is 26. The fourth-order valence-electron chi connectivity index (χ4n) is 8.11. The van der Waals surface area contributed by atoms with Gasteiger partial charge in [-0.25, -0.2) is 0 Å². The Bertz CT molecular complexity index is 3550. The fourth-order valence-corrected chi connectivity index (χ4v) is 20.4. The minimum atomic E-state index is -1.02. The predicted molar refractivity (Wildman–Crippen MR) is 541 cm³/mol. The van der Waals surface area contributed by atoms with Crippen LogP contribution in [0.5, 0.6) is 51.7 Å². The van der Waals surface area contributed by atoms with Crippen molar-refractivity contribution in [2.75, 3.05) is 95.2 Å². The number of nitrogens with one attached hydrogen (secondary N) is 4. The lowest BCUT2D eigenvalue weighted by Crippen LogP contribution is -2.46. The van der Waals surface area contributed by atoms with Crippen LogP contribution >= 0.6 is 283 Å². The number of ether oxygens (including phenoxy) is 7. The average Bonchev–Trinajstić information content (AvgIpc) is 1.25. The van der Waals surface area contributed by atoms with Crippen LogP contribution in [0.2, 0.25) is 20.5 Å². The van der Waals surface area contributed by atoms with Crippen LogP contribution in [-0.4, -0.2) is 211 Å². The van der Waals surface area contributed by atoms with E-state index in [9.17, 15) is 55.0 Å². The molecule has 2 saturated heterocycles. The molecule has 6 aromatic rings. The minimum absolute atomic E-state index is 0.186. The second-order valence-corrected chi connectivity index (χ2v) is 35.1. The summed E-state index contributed by atoms with van der Waals surface area (Å²) in [6.45, 7) is 7.29. The summed E-state index contributed by atoms with van der Waals surface area (Å²) in [5, 5.41) is 87.1. The molecule has 0 saturated carbocycles. The number of phenols is 1. The highest BCUT2D eigenvalue weighted by Crippen LogP contribution is 2.41. The molecule has 0 amide bonds. The number of carboxylic acid groups (broad SMARTS) is 3. The van der Waals surface area contributed by atoms with E-state index in [0.717, 1.165) is 71.4 Å². The van der Waals surface area contributed by atoms with E-state index in [-0.39, 0.29) is 37.7 Å². The smallest absolute Gasteiger partial charge is 0.374 e. The maximum atomic E-state index is 11.5. The van der Waals surface area contributed by atoms with E-state index in [1.54, 1.807) is 19.2 Å². The van der Waals surface area contributed by atoms with Gasteiger partial charge in [0, 0.05) is 6.54 Å². The molecule has 110 heavy (non-hydrogen) atoms. The number of rotatable bonds is 30. The van der Waals surface area contributed by atoms with Crippen LogP contribution < -0.4 is 84.8 Å². The summed E-state index contributed by atoms with van der Waals surface area (Å²) in [7, 11) is 9.53. The van der Waals surface area contributed by atoms with Crippen LogP contribution in [-0.2, 0) is 43.1 Å².